The molecule has 2 N–H and O–H groups in total. The lowest BCUT2D eigenvalue weighted by atomic mass is 10.2. The van der Waals surface area contributed by atoms with Gasteiger partial charge in [-0.1, -0.05) is 0 Å². The molecule has 0 bridgehead atoms. The highest BCUT2D eigenvalue weighted by molar-refractivity contribution is 5.74. The standard InChI is InChI=1S/C13H15F4N3O2/c14-11(15)10(8-1-2-8)20-13(21)19-6-7-3-4-18-9(5-7)22-12(16)17/h3-5,8,10-12H,1-2,6H2,(H2,19,20,21)/t10-/m0/s1. The number of rotatable bonds is 7. The number of carbonyl (C=O) groups is 1. The number of pyridine rings is 1. The van der Waals surface area contributed by atoms with Crippen molar-refractivity contribution in [1.29, 1.82) is 0 Å². The van der Waals surface area contributed by atoms with E-state index >= 15 is 0 Å². The third-order valence-corrected chi connectivity index (χ3v) is 3.16. The van der Waals surface area contributed by atoms with Gasteiger partial charge in [0.15, 0.2) is 0 Å². The molecule has 0 aliphatic heterocycles. The van der Waals surface area contributed by atoms with E-state index in [1.54, 1.807) is 0 Å². The lowest BCUT2D eigenvalue weighted by Crippen LogP contribution is -2.46. The van der Waals surface area contributed by atoms with Gasteiger partial charge in [-0.05, 0) is 30.4 Å². The summed E-state index contributed by atoms with van der Waals surface area (Å²) >= 11 is 0. The number of nitrogens with one attached hydrogen (secondary N) is 2. The van der Waals surface area contributed by atoms with E-state index < -0.39 is 25.1 Å². The number of ether oxygens (including phenoxy) is 1. The van der Waals surface area contributed by atoms with Crippen LogP contribution < -0.4 is 15.4 Å². The second kappa shape index (κ2) is 7.28. The van der Waals surface area contributed by atoms with Crippen LogP contribution in [0.1, 0.15) is 18.4 Å². The van der Waals surface area contributed by atoms with Gasteiger partial charge in [-0.15, -0.1) is 0 Å². The SMILES string of the molecule is O=C(NCc1ccnc(OC(F)F)c1)N[C@H](C(F)F)C1CC1. The molecule has 0 saturated heterocycles. The van der Waals surface area contributed by atoms with E-state index in [4.69, 9.17) is 0 Å². The Labute approximate surface area is 124 Å². The van der Waals surface area contributed by atoms with Gasteiger partial charge >= 0.3 is 12.6 Å². The molecular formula is C13H15F4N3O2. The molecule has 2 amide bonds. The summed E-state index contributed by atoms with van der Waals surface area (Å²) in [5.41, 5.74) is 0.459. The predicted octanol–water partition coefficient (Wildman–Crippen LogP) is 2.53. The molecule has 1 atom stereocenters. The van der Waals surface area contributed by atoms with Gasteiger partial charge in [0.1, 0.15) is 0 Å². The van der Waals surface area contributed by atoms with E-state index in [1.807, 2.05) is 0 Å². The Kier molecular flexibility index (Phi) is 5.40. The third kappa shape index (κ3) is 5.05. The quantitative estimate of drug-likeness (QED) is 0.759. The molecule has 0 aromatic carbocycles. The van der Waals surface area contributed by atoms with Crippen LogP contribution in [0, 0.1) is 5.92 Å². The molecular weight excluding hydrogens is 306 g/mol. The van der Waals surface area contributed by atoms with Crippen molar-refractivity contribution in [3.63, 3.8) is 0 Å². The van der Waals surface area contributed by atoms with Crippen LogP contribution in [0.5, 0.6) is 5.88 Å². The molecule has 1 aromatic rings. The monoisotopic (exact) mass is 321 g/mol. The van der Waals surface area contributed by atoms with Crippen LogP contribution in [-0.2, 0) is 6.54 Å². The van der Waals surface area contributed by atoms with Crippen LogP contribution in [0.2, 0.25) is 0 Å². The number of alkyl halides is 4. The molecule has 1 heterocycles. The second-order valence-corrected chi connectivity index (χ2v) is 4.91. The first kappa shape index (κ1) is 16.3. The Bertz CT molecular complexity index is 510. The van der Waals surface area contributed by atoms with Crippen molar-refractivity contribution < 1.29 is 27.1 Å². The molecule has 22 heavy (non-hydrogen) atoms. The summed E-state index contributed by atoms with van der Waals surface area (Å²) in [6.07, 6.45) is -0.0222. The molecule has 1 fully saturated rings. The Morgan fingerprint density at radius 1 is 1.36 bits per heavy atom. The molecule has 1 saturated carbocycles. The average molecular weight is 321 g/mol. The van der Waals surface area contributed by atoms with Crippen molar-refractivity contribution in [3.05, 3.63) is 23.9 Å². The van der Waals surface area contributed by atoms with Gasteiger partial charge in [-0.25, -0.2) is 18.6 Å². The fourth-order valence-electron chi connectivity index (χ4n) is 1.94. The highest BCUT2D eigenvalue weighted by Gasteiger charge is 2.38. The Morgan fingerprint density at radius 2 is 2.09 bits per heavy atom. The first-order valence-corrected chi connectivity index (χ1v) is 6.68. The van der Waals surface area contributed by atoms with Crippen LogP contribution in [0.25, 0.3) is 0 Å². The van der Waals surface area contributed by atoms with Gasteiger partial charge < -0.3 is 15.4 Å². The molecule has 1 aliphatic carbocycles. The van der Waals surface area contributed by atoms with Crippen molar-refractivity contribution in [2.24, 2.45) is 5.92 Å². The first-order chi connectivity index (χ1) is 10.5. The highest BCUT2D eigenvalue weighted by atomic mass is 19.3. The molecule has 9 heteroatoms. The van der Waals surface area contributed by atoms with Crippen molar-refractivity contribution in [2.45, 2.75) is 38.5 Å². The summed E-state index contributed by atoms with van der Waals surface area (Å²) in [7, 11) is 0. The Hall–Kier alpha value is -2.06. The van der Waals surface area contributed by atoms with Crippen LogP contribution in [0.15, 0.2) is 18.3 Å². The summed E-state index contributed by atoms with van der Waals surface area (Å²) < 4.78 is 53.7. The number of nitrogens with zero attached hydrogens (tertiary/aromatic N) is 1. The summed E-state index contributed by atoms with van der Waals surface area (Å²) in [6.45, 7) is -3.02. The first-order valence-electron chi connectivity index (χ1n) is 6.68. The van der Waals surface area contributed by atoms with Crippen molar-refractivity contribution >= 4 is 6.03 Å². The smallest absolute Gasteiger partial charge is 0.388 e. The van der Waals surface area contributed by atoms with Crippen LogP contribution in [-0.4, -0.2) is 30.1 Å². The van der Waals surface area contributed by atoms with Crippen molar-refractivity contribution in [3.8, 4) is 5.88 Å². The van der Waals surface area contributed by atoms with E-state index in [9.17, 15) is 22.4 Å². The van der Waals surface area contributed by atoms with Crippen molar-refractivity contribution in [2.75, 3.05) is 0 Å². The largest absolute Gasteiger partial charge is 0.417 e. The number of carbonyl (C=O) groups excluding carboxylic acids is 1. The second-order valence-electron chi connectivity index (χ2n) is 4.91. The summed E-state index contributed by atoms with van der Waals surface area (Å²) in [4.78, 5) is 15.2. The number of amides is 2. The molecule has 122 valence electrons. The maximum Gasteiger partial charge on any atom is 0.388 e. The van der Waals surface area contributed by atoms with Gasteiger partial charge in [0, 0.05) is 18.8 Å². The lowest BCUT2D eigenvalue weighted by molar-refractivity contribution is -0.0529. The topological polar surface area (TPSA) is 63.2 Å². The maximum atomic E-state index is 12.7. The zero-order valence-electron chi connectivity index (χ0n) is 11.4. The van der Waals surface area contributed by atoms with Gasteiger partial charge in [0.2, 0.25) is 5.88 Å². The van der Waals surface area contributed by atoms with Crippen molar-refractivity contribution in [1.82, 2.24) is 15.6 Å². The van der Waals surface area contributed by atoms with Gasteiger partial charge in [-0.3, -0.25) is 0 Å². The van der Waals surface area contributed by atoms with Crippen LogP contribution in [0.4, 0.5) is 22.4 Å². The minimum absolute atomic E-state index is 0.0193. The molecule has 1 aliphatic rings. The van der Waals surface area contributed by atoms with Gasteiger partial charge in [0.25, 0.3) is 6.43 Å². The maximum absolute atomic E-state index is 12.7. The normalized spacial score (nSPS) is 15.7. The summed E-state index contributed by atoms with van der Waals surface area (Å²) in [5, 5.41) is 4.62. The zero-order valence-corrected chi connectivity index (χ0v) is 11.4. The van der Waals surface area contributed by atoms with E-state index in [2.05, 4.69) is 20.4 Å². The van der Waals surface area contributed by atoms with E-state index in [0.717, 1.165) is 0 Å². The number of hydrogen-bond acceptors (Lipinski definition) is 3. The molecule has 0 radical (unpaired) electrons. The van der Waals surface area contributed by atoms with Gasteiger partial charge in [0.05, 0.1) is 6.04 Å². The predicted molar refractivity (Wildman–Crippen MR) is 68.8 cm³/mol. The summed E-state index contributed by atoms with van der Waals surface area (Å²) in [5.74, 6) is -0.462. The Morgan fingerprint density at radius 3 is 2.68 bits per heavy atom. The minimum atomic E-state index is -3.00. The average Bonchev–Trinajstić information content (AvgIpc) is 3.26. The Balaban J connectivity index is 1.82. The third-order valence-electron chi connectivity index (χ3n) is 3.16. The molecule has 0 spiro atoms. The molecule has 0 unspecified atom stereocenters. The van der Waals surface area contributed by atoms with Crippen LogP contribution >= 0.6 is 0 Å². The van der Waals surface area contributed by atoms with E-state index in [-0.39, 0.29) is 18.3 Å². The molecule has 1 aromatic heterocycles. The highest BCUT2D eigenvalue weighted by Crippen LogP contribution is 2.35. The lowest BCUT2D eigenvalue weighted by Gasteiger charge is -2.17. The van der Waals surface area contributed by atoms with Gasteiger partial charge in [-0.2, -0.15) is 8.78 Å². The fourth-order valence-corrected chi connectivity index (χ4v) is 1.94. The minimum Gasteiger partial charge on any atom is -0.417 e. The van der Waals surface area contributed by atoms with E-state index in [1.165, 1.54) is 18.3 Å². The van der Waals surface area contributed by atoms with Crippen LogP contribution in [0.3, 0.4) is 0 Å². The summed E-state index contributed by atoms with van der Waals surface area (Å²) in [6, 6.07) is 0.836. The fraction of sp³-hybridized carbons (Fsp3) is 0.538. The van der Waals surface area contributed by atoms with E-state index in [0.29, 0.717) is 18.4 Å². The number of urea groups is 1. The number of aromatic nitrogens is 1. The molecule has 2 rings (SSSR count). The number of hydrogen-bond donors (Lipinski definition) is 2. The number of halogens is 4. The zero-order chi connectivity index (χ0) is 16.1. The molecule has 5 nitrogen and oxygen atoms in total.